The molecule has 0 radical (unpaired) electrons. The highest BCUT2D eigenvalue weighted by atomic mass is 16.4. The highest BCUT2D eigenvalue weighted by Gasteiger charge is 2.31. The zero-order valence-corrected chi connectivity index (χ0v) is 12.1. The molecule has 1 aliphatic carbocycles. The van der Waals surface area contributed by atoms with Crippen LogP contribution in [0.25, 0.3) is 0 Å². The zero-order chi connectivity index (χ0) is 13.8. The number of rotatable bonds is 6. The monoisotopic (exact) mass is 269 g/mol. The molecular weight excluding hydrogens is 242 g/mol. The van der Waals surface area contributed by atoms with Gasteiger partial charge in [0, 0.05) is 25.2 Å². The van der Waals surface area contributed by atoms with Crippen LogP contribution in [0.3, 0.4) is 0 Å². The van der Waals surface area contributed by atoms with E-state index in [0.29, 0.717) is 18.6 Å². The lowest BCUT2D eigenvalue weighted by atomic mass is 10.1. The number of nitrogens with one attached hydrogen (secondary N) is 1. The number of aliphatic carboxylic acids is 1. The molecule has 1 saturated heterocycles. The largest absolute Gasteiger partial charge is 0.480 e. The Morgan fingerprint density at radius 1 is 1.42 bits per heavy atom. The van der Waals surface area contributed by atoms with Gasteiger partial charge in [-0.05, 0) is 45.8 Å². The molecule has 0 aromatic carbocycles. The van der Waals surface area contributed by atoms with Crippen LogP contribution in [0.15, 0.2) is 0 Å². The van der Waals surface area contributed by atoms with Gasteiger partial charge in [-0.25, -0.2) is 0 Å². The summed E-state index contributed by atoms with van der Waals surface area (Å²) in [5.74, 6) is -0.709. The summed E-state index contributed by atoms with van der Waals surface area (Å²) in [6.45, 7) is 6.01. The van der Waals surface area contributed by atoms with Gasteiger partial charge in [-0.15, -0.1) is 0 Å². The summed E-state index contributed by atoms with van der Waals surface area (Å²) in [6.07, 6.45) is 4.47. The Balaban J connectivity index is 1.94. The summed E-state index contributed by atoms with van der Waals surface area (Å²) in [5, 5.41) is 12.6. The first-order chi connectivity index (χ1) is 9.10. The predicted octanol–water partition coefficient (Wildman–Crippen LogP) is 0.608. The normalized spacial score (nSPS) is 28.0. The standard InChI is InChI=1S/C14H27N3O2/c1-3-12-9-16(2)7-4-8-17(12)10-13(14(18)19)15-11-5-6-11/h11-13,15H,3-10H2,1-2H3,(H,18,19). The summed E-state index contributed by atoms with van der Waals surface area (Å²) in [7, 11) is 2.16. The molecule has 5 nitrogen and oxygen atoms in total. The molecule has 1 saturated carbocycles. The van der Waals surface area contributed by atoms with Gasteiger partial charge in [-0.2, -0.15) is 0 Å². The van der Waals surface area contributed by atoms with E-state index >= 15 is 0 Å². The summed E-state index contributed by atoms with van der Waals surface area (Å²) >= 11 is 0. The summed E-state index contributed by atoms with van der Waals surface area (Å²) in [4.78, 5) is 16.1. The molecule has 0 amide bonds. The minimum absolute atomic E-state index is 0.412. The van der Waals surface area contributed by atoms with Gasteiger partial charge >= 0.3 is 5.97 Å². The third-order valence-corrected chi connectivity index (χ3v) is 4.22. The van der Waals surface area contributed by atoms with E-state index in [0.717, 1.165) is 45.3 Å². The molecule has 19 heavy (non-hydrogen) atoms. The Bertz CT molecular complexity index is 307. The van der Waals surface area contributed by atoms with Crippen LogP contribution in [0.2, 0.25) is 0 Å². The van der Waals surface area contributed by atoms with Gasteiger partial charge in [-0.1, -0.05) is 6.92 Å². The smallest absolute Gasteiger partial charge is 0.322 e. The third-order valence-electron chi connectivity index (χ3n) is 4.22. The van der Waals surface area contributed by atoms with Crippen LogP contribution in [-0.2, 0) is 4.79 Å². The predicted molar refractivity (Wildman–Crippen MR) is 75.3 cm³/mol. The number of carboxylic acids is 1. The molecule has 2 atom stereocenters. The molecule has 2 fully saturated rings. The van der Waals surface area contributed by atoms with Gasteiger partial charge in [0.1, 0.15) is 6.04 Å². The average Bonchev–Trinajstić information content (AvgIpc) is 3.17. The van der Waals surface area contributed by atoms with E-state index in [-0.39, 0.29) is 0 Å². The van der Waals surface area contributed by atoms with Crippen molar-refractivity contribution in [1.29, 1.82) is 0 Å². The van der Waals surface area contributed by atoms with Gasteiger partial charge in [0.15, 0.2) is 0 Å². The highest BCUT2D eigenvalue weighted by Crippen LogP contribution is 2.20. The van der Waals surface area contributed by atoms with Gasteiger partial charge in [0.25, 0.3) is 0 Å². The first kappa shape index (κ1) is 14.8. The van der Waals surface area contributed by atoms with Gasteiger partial charge in [-0.3, -0.25) is 9.69 Å². The molecule has 0 aromatic rings. The van der Waals surface area contributed by atoms with Crippen molar-refractivity contribution in [3.8, 4) is 0 Å². The summed E-state index contributed by atoms with van der Waals surface area (Å²) in [5.41, 5.74) is 0. The fourth-order valence-corrected chi connectivity index (χ4v) is 2.89. The number of hydrogen-bond donors (Lipinski definition) is 2. The Hall–Kier alpha value is -0.650. The second-order valence-corrected chi connectivity index (χ2v) is 6.00. The lowest BCUT2D eigenvalue weighted by Gasteiger charge is -2.32. The van der Waals surface area contributed by atoms with Crippen LogP contribution in [0, 0.1) is 0 Å². The highest BCUT2D eigenvalue weighted by molar-refractivity contribution is 5.73. The van der Waals surface area contributed by atoms with E-state index in [1.807, 2.05) is 0 Å². The van der Waals surface area contributed by atoms with E-state index < -0.39 is 12.0 Å². The number of carbonyl (C=O) groups is 1. The number of carboxylic acid groups (broad SMARTS) is 1. The quantitative estimate of drug-likeness (QED) is 0.740. The molecule has 0 aromatic heterocycles. The number of nitrogens with zero attached hydrogens (tertiary/aromatic N) is 2. The van der Waals surface area contributed by atoms with Crippen LogP contribution in [0.4, 0.5) is 0 Å². The van der Waals surface area contributed by atoms with E-state index in [1.165, 1.54) is 0 Å². The second-order valence-electron chi connectivity index (χ2n) is 6.00. The molecule has 5 heteroatoms. The molecule has 0 spiro atoms. The van der Waals surface area contributed by atoms with E-state index in [4.69, 9.17) is 0 Å². The SMILES string of the molecule is CCC1CN(C)CCCN1CC(NC1CC1)C(=O)O. The first-order valence-corrected chi connectivity index (χ1v) is 7.51. The van der Waals surface area contributed by atoms with Gasteiger partial charge < -0.3 is 15.3 Å². The molecule has 0 bridgehead atoms. The third kappa shape index (κ3) is 4.44. The van der Waals surface area contributed by atoms with Crippen molar-refractivity contribution in [3.05, 3.63) is 0 Å². The Morgan fingerprint density at radius 2 is 2.16 bits per heavy atom. The maximum Gasteiger partial charge on any atom is 0.322 e. The second kappa shape index (κ2) is 6.68. The van der Waals surface area contributed by atoms with E-state index in [1.54, 1.807) is 0 Å². The minimum Gasteiger partial charge on any atom is -0.480 e. The van der Waals surface area contributed by atoms with Crippen molar-refractivity contribution in [2.75, 3.05) is 33.2 Å². The van der Waals surface area contributed by atoms with E-state index in [9.17, 15) is 9.90 Å². The average molecular weight is 269 g/mol. The van der Waals surface area contributed by atoms with Crippen LogP contribution in [0.1, 0.15) is 32.6 Å². The van der Waals surface area contributed by atoms with Gasteiger partial charge in [0.05, 0.1) is 0 Å². The molecule has 2 N–H and O–H groups in total. The molecule has 2 unspecified atom stereocenters. The van der Waals surface area contributed by atoms with Crippen molar-refractivity contribution in [2.24, 2.45) is 0 Å². The molecule has 1 heterocycles. The summed E-state index contributed by atoms with van der Waals surface area (Å²) in [6, 6.07) is 0.510. The van der Waals surface area contributed by atoms with Crippen molar-refractivity contribution in [2.45, 2.75) is 50.7 Å². The van der Waals surface area contributed by atoms with E-state index in [2.05, 4.69) is 29.1 Å². The maximum absolute atomic E-state index is 11.4. The van der Waals surface area contributed by atoms with Crippen molar-refractivity contribution in [1.82, 2.24) is 15.1 Å². The van der Waals surface area contributed by atoms with Crippen molar-refractivity contribution >= 4 is 5.97 Å². The van der Waals surface area contributed by atoms with Crippen LogP contribution >= 0.6 is 0 Å². The Morgan fingerprint density at radius 3 is 2.74 bits per heavy atom. The zero-order valence-electron chi connectivity index (χ0n) is 12.1. The Kier molecular flexibility index (Phi) is 5.19. The molecule has 2 rings (SSSR count). The number of hydrogen-bond acceptors (Lipinski definition) is 4. The summed E-state index contributed by atoms with van der Waals surface area (Å²) < 4.78 is 0. The van der Waals surface area contributed by atoms with Crippen molar-refractivity contribution in [3.63, 3.8) is 0 Å². The topological polar surface area (TPSA) is 55.8 Å². The minimum atomic E-state index is -0.709. The van der Waals surface area contributed by atoms with Crippen LogP contribution in [0.5, 0.6) is 0 Å². The lowest BCUT2D eigenvalue weighted by Crippen LogP contribution is -2.51. The molecular formula is C14H27N3O2. The molecule has 110 valence electrons. The lowest BCUT2D eigenvalue weighted by molar-refractivity contribution is -0.140. The van der Waals surface area contributed by atoms with Gasteiger partial charge in [0.2, 0.25) is 0 Å². The van der Waals surface area contributed by atoms with Crippen LogP contribution in [-0.4, -0.2) is 72.2 Å². The number of likely N-dealkylation sites (N-methyl/N-ethyl adjacent to an activating group) is 1. The Labute approximate surface area is 115 Å². The maximum atomic E-state index is 11.4. The van der Waals surface area contributed by atoms with Crippen molar-refractivity contribution < 1.29 is 9.90 Å². The fraction of sp³-hybridized carbons (Fsp3) is 0.929. The van der Waals surface area contributed by atoms with Crippen LogP contribution < -0.4 is 5.32 Å². The first-order valence-electron chi connectivity index (χ1n) is 7.51. The molecule has 2 aliphatic rings. The molecule has 1 aliphatic heterocycles. The fourth-order valence-electron chi connectivity index (χ4n) is 2.89.